The van der Waals surface area contributed by atoms with E-state index >= 15 is 0 Å². The summed E-state index contributed by atoms with van der Waals surface area (Å²) in [6.07, 6.45) is -0.529. The first kappa shape index (κ1) is 11.5. The quantitative estimate of drug-likeness (QED) is 0.628. The number of rotatable bonds is 2. The maximum absolute atomic E-state index is 11.2. The highest BCUT2D eigenvalue weighted by atomic mass is 32.2. The van der Waals surface area contributed by atoms with Crippen molar-refractivity contribution in [2.45, 2.75) is 18.9 Å². The minimum absolute atomic E-state index is 0.00579. The van der Waals surface area contributed by atoms with Crippen LogP contribution in [0.15, 0.2) is 0 Å². The Morgan fingerprint density at radius 1 is 1.57 bits per heavy atom. The summed E-state index contributed by atoms with van der Waals surface area (Å²) < 4.78 is 26.9. The largest absolute Gasteiger partial charge is 0.469 e. The molecule has 0 radical (unpaired) electrons. The molecule has 14 heavy (non-hydrogen) atoms. The van der Waals surface area contributed by atoms with Gasteiger partial charge in [0.1, 0.15) is 0 Å². The predicted molar refractivity (Wildman–Crippen MR) is 49.4 cm³/mol. The maximum Gasteiger partial charge on any atom is 0.305 e. The van der Waals surface area contributed by atoms with Crippen LogP contribution in [-0.2, 0) is 19.4 Å². The van der Waals surface area contributed by atoms with Crippen molar-refractivity contribution < 1.29 is 23.1 Å². The third kappa shape index (κ3) is 2.95. The van der Waals surface area contributed by atoms with Crippen LogP contribution in [0.1, 0.15) is 12.8 Å². The summed E-state index contributed by atoms with van der Waals surface area (Å²) in [5, 5.41) is 9.47. The Balaban J connectivity index is 2.62. The zero-order chi connectivity index (χ0) is 10.8. The van der Waals surface area contributed by atoms with Crippen molar-refractivity contribution in [3.05, 3.63) is 0 Å². The third-order valence-electron chi connectivity index (χ3n) is 2.39. The Bertz CT molecular complexity index is 308. The molecule has 1 fully saturated rings. The van der Waals surface area contributed by atoms with E-state index < -0.39 is 27.8 Å². The molecular weight excluding hydrogens is 208 g/mol. The van der Waals surface area contributed by atoms with E-state index in [1.54, 1.807) is 0 Å². The average molecular weight is 222 g/mol. The first-order chi connectivity index (χ1) is 6.44. The summed E-state index contributed by atoms with van der Waals surface area (Å²) >= 11 is 0. The summed E-state index contributed by atoms with van der Waals surface area (Å²) in [6, 6.07) is 0. The summed E-state index contributed by atoms with van der Waals surface area (Å²) in [5.74, 6) is -1.11. The molecule has 0 aliphatic carbocycles. The molecule has 1 saturated heterocycles. The van der Waals surface area contributed by atoms with Crippen molar-refractivity contribution in [2.75, 3.05) is 18.6 Å². The lowest BCUT2D eigenvalue weighted by molar-refractivity contribution is -0.142. The van der Waals surface area contributed by atoms with Crippen LogP contribution < -0.4 is 0 Å². The van der Waals surface area contributed by atoms with Crippen LogP contribution in [-0.4, -0.2) is 44.2 Å². The molecule has 1 N–H and O–H groups in total. The number of carbonyl (C=O) groups excluding carboxylic acids is 1. The van der Waals surface area contributed by atoms with Crippen molar-refractivity contribution in [1.82, 2.24) is 0 Å². The fourth-order valence-corrected chi connectivity index (χ4v) is 3.31. The Kier molecular flexibility index (Phi) is 3.49. The highest BCUT2D eigenvalue weighted by Gasteiger charge is 2.33. The van der Waals surface area contributed by atoms with Gasteiger partial charge in [0.2, 0.25) is 0 Å². The predicted octanol–water partition coefficient (Wildman–Crippen LogP) is -0.655. The van der Waals surface area contributed by atoms with Gasteiger partial charge in [-0.05, 0) is 6.42 Å². The molecule has 0 aromatic rings. The number of ether oxygens (including phenoxy) is 1. The topological polar surface area (TPSA) is 80.7 Å². The summed E-state index contributed by atoms with van der Waals surface area (Å²) in [7, 11) is -1.84. The third-order valence-corrected chi connectivity index (χ3v) is 4.19. The van der Waals surface area contributed by atoms with E-state index in [-0.39, 0.29) is 24.3 Å². The van der Waals surface area contributed by atoms with E-state index in [1.165, 1.54) is 7.11 Å². The zero-order valence-corrected chi connectivity index (χ0v) is 8.79. The molecule has 1 aliphatic heterocycles. The summed E-state index contributed by atoms with van der Waals surface area (Å²) in [6.45, 7) is 0. The number of aliphatic hydroxyl groups is 1. The lowest BCUT2D eigenvalue weighted by Crippen LogP contribution is -2.37. The highest BCUT2D eigenvalue weighted by Crippen LogP contribution is 2.22. The lowest BCUT2D eigenvalue weighted by Gasteiger charge is -2.26. The van der Waals surface area contributed by atoms with Gasteiger partial charge in [-0.25, -0.2) is 8.42 Å². The monoisotopic (exact) mass is 222 g/mol. The first-order valence-corrected chi connectivity index (χ1v) is 6.22. The van der Waals surface area contributed by atoms with Crippen LogP contribution in [0.3, 0.4) is 0 Å². The maximum atomic E-state index is 11.2. The molecule has 0 unspecified atom stereocenters. The van der Waals surface area contributed by atoms with Crippen LogP contribution >= 0.6 is 0 Å². The van der Waals surface area contributed by atoms with Crippen LogP contribution in [0.2, 0.25) is 0 Å². The molecular formula is C8H14O5S. The highest BCUT2D eigenvalue weighted by molar-refractivity contribution is 7.91. The fourth-order valence-electron chi connectivity index (χ4n) is 1.55. The molecule has 0 bridgehead atoms. The second kappa shape index (κ2) is 4.27. The van der Waals surface area contributed by atoms with Gasteiger partial charge < -0.3 is 9.84 Å². The second-order valence-corrected chi connectivity index (χ2v) is 5.74. The van der Waals surface area contributed by atoms with Crippen molar-refractivity contribution >= 4 is 15.8 Å². The smallest absolute Gasteiger partial charge is 0.305 e. The summed E-state index contributed by atoms with van der Waals surface area (Å²) in [4.78, 5) is 10.9. The fraction of sp³-hybridized carbons (Fsp3) is 0.875. The van der Waals surface area contributed by atoms with Crippen LogP contribution in [0, 0.1) is 5.92 Å². The molecule has 1 aliphatic rings. The minimum Gasteiger partial charge on any atom is -0.469 e. The van der Waals surface area contributed by atoms with Crippen LogP contribution in [0.25, 0.3) is 0 Å². The van der Waals surface area contributed by atoms with Gasteiger partial charge in [-0.15, -0.1) is 0 Å². The molecule has 1 heterocycles. The zero-order valence-electron chi connectivity index (χ0n) is 7.97. The SMILES string of the molecule is COC(=O)C[C@H]1CS(=O)(=O)CC[C@@H]1O. The van der Waals surface area contributed by atoms with Gasteiger partial charge in [0.25, 0.3) is 0 Å². The number of aliphatic hydroxyl groups excluding tert-OH is 1. The Hall–Kier alpha value is -0.620. The van der Waals surface area contributed by atoms with E-state index in [2.05, 4.69) is 4.74 Å². The molecule has 0 spiro atoms. The lowest BCUT2D eigenvalue weighted by atomic mass is 9.98. The van der Waals surface area contributed by atoms with Crippen LogP contribution in [0.5, 0.6) is 0 Å². The number of esters is 1. The second-order valence-electron chi connectivity index (χ2n) is 3.51. The van der Waals surface area contributed by atoms with Gasteiger partial charge in [-0.1, -0.05) is 0 Å². The van der Waals surface area contributed by atoms with Crippen molar-refractivity contribution in [3.63, 3.8) is 0 Å². The molecule has 0 saturated carbocycles. The van der Waals surface area contributed by atoms with Gasteiger partial charge >= 0.3 is 5.97 Å². The van der Waals surface area contributed by atoms with E-state index in [0.29, 0.717) is 0 Å². The van der Waals surface area contributed by atoms with Gasteiger partial charge in [-0.2, -0.15) is 0 Å². The van der Waals surface area contributed by atoms with Gasteiger partial charge in [0.15, 0.2) is 9.84 Å². The normalized spacial score (nSPS) is 31.0. The number of methoxy groups -OCH3 is 1. The van der Waals surface area contributed by atoms with Crippen molar-refractivity contribution in [3.8, 4) is 0 Å². The van der Waals surface area contributed by atoms with Crippen molar-refractivity contribution in [1.29, 1.82) is 0 Å². The van der Waals surface area contributed by atoms with Crippen molar-refractivity contribution in [2.24, 2.45) is 5.92 Å². The number of carbonyl (C=O) groups is 1. The number of hydrogen-bond acceptors (Lipinski definition) is 5. The molecule has 0 aromatic heterocycles. The summed E-state index contributed by atoms with van der Waals surface area (Å²) in [5.41, 5.74) is 0. The molecule has 5 nitrogen and oxygen atoms in total. The number of sulfone groups is 1. The van der Waals surface area contributed by atoms with Gasteiger partial charge in [-0.3, -0.25) is 4.79 Å². The van der Waals surface area contributed by atoms with E-state index in [4.69, 9.17) is 0 Å². The molecule has 2 atom stereocenters. The molecule has 6 heteroatoms. The van der Waals surface area contributed by atoms with E-state index in [9.17, 15) is 18.3 Å². The Morgan fingerprint density at radius 2 is 2.21 bits per heavy atom. The molecule has 0 amide bonds. The minimum atomic E-state index is -3.09. The first-order valence-electron chi connectivity index (χ1n) is 4.40. The van der Waals surface area contributed by atoms with Crippen LogP contribution in [0.4, 0.5) is 0 Å². The number of hydrogen-bond donors (Lipinski definition) is 1. The molecule has 0 aromatic carbocycles. The standard InChI is InChI=1S/C8H14O5S/c1-13-8(10)4-6-5-14(11,12)3-2-7(6)9/h6-7,9H,2-5H2,1H3/t6-,7-/m0/s1. The van der Waals surface area contributed by atoms with E-state index in [1.807, 2.05) is 0 Å². The Labute approximate surface area is 83.0 Å². The molecule has 82 valence electrons. The average Bonchev–Trinajstić information content (AvgIpc) is 2.11. The van der Waals surface area contributed by atoms with Gasteiger partial charge in [0.05, 0.1) is 31.1 Å². The van der Waals surface area contributed by atoms with Gasteiger partial charge in [0, 0.05) is 5.92 Å². The van der Waals surface area contributed by atoms with E-state index in [0.717, 1.165) is 0 Å². The molecule has 1 rings (SSSR count). The Morgan fingerprint density at radius 3 is 2.79 bits per heavy atom.